The quantitative estimate of drug-likeness (QED) is 0.250. The second-order valence-electron chi connectivity index (χ2n) is 10.0. The van der Waals surface area contributed by atoms with E-state index in [1.165, 1.54) is 5.56 Å². The van der Waals surface area contributed by atoms with Crippen LogP contribution in [0.1, 0.15) is 58.2 Å². The summed E-state index contributed by atoms with van der Waals surface area (Å²) in [4.78, 5) is 31.0. The average Bonchev–Trinajstić information content (AvgIpc) is 2.59. The van der Waals surface area contributed by atoms with E-state index in [-0.39, 0.29) is 37.3 Å². The van der Waals surface area contributed by atoms with Gasteiger partial charge in [0.15, 0.2) is 0 Å². The minimum atomic E-state index is -5.05. The lowest BCUT2D eigenvalue weighted by Gasteiger charge is -2.33. The Morgan fingerprint density at radius 2 is 1.09 bits per heavy atom. The van der Waals surface area contributed by atoms with E-state index in [9.17, 15) is 24.4 Å². The summed E-state index contributed by atoms with van der Waals surface area (Å²) in [7, 11) is -10.1. The minimum absolute atomic E-state index is 0.0612. The molecule has 0 aliphatic heterocycles. The van der Waals surface area contributed by atoms with E-state index in [2.05, 4.69) is 64.9 Å². The van der Waals surface area contributed by atoms with Gasteiger partial charge in [0.2, 0.25) is 0 Å². The van der Waals surface area contributed by atoms with Crippen molar-refractivity contribution in [2.45, 2.75) is 59.3 Å². The average molecular weight is 516 g/mol. The van der Waals surface area contributed by atoms with Crippen molar-refractivity contribution in [2.24, 2.45) is 5.41 Å². The molecule has 33 heavy (non-hydrogen) atoms. The molecular weight excluding hydrogens is 478 g/mol. The zero-order valence-corrected chi connectivity index (χ0v) is 21.9. The zero-order chi connectivity index (χ0) is 26.5. The van der Waals surface area contributed by atoms with Gasteiger partial charge in [0, 0.05) is 11.1 Å². The Balaban J connectivity index is 0.000000960. The first-order valence-electron chi connectivity index (χ1n) is 10.0. The largest absolute Gasteiger partial charge is 0.492 e. The van der Waals surface area contributed by atoms with Gasteiger partial charge in [0.1, 0.15) is 12.4 Å². The van der Waals surface area contributed by atoms with Gasteiger partial charge >= 0.3 is 15.6 Å². The third-order valence-corrected chi connectivity index (χ3v) is 6.29. The molecule has 0 aliphatic rings. The molecule has 1 aromatic rings. The molecule has 11 nitrogen and oxygen atoms in total. The molecule has 0 aliphatic carbocycles. The molecule has 0 radical (unpaired) electrons. The molecule has 0 bridgehead atoms. The fraction of sp³-hybridized carbons (Fsp3) is 0.700. The molecule has 1 rings (SSSR count). The predicted octanol–water partition coefficient (Wildman–Crippen LogP) is 2.12. The van der Waals surface area contributed by atoms with Crippen LogP contribution in [-0.2, 0) is 24.3 Å². The van der Waals surface area contributed by atoms with Crippen LogP contribution in [0.5, 0.6) is 5.75 Å². The van der Waals surface area contributed by atoms with Crippen LogP contribution in [0.2, 0.25) is 0 Å². The fourth-order valence-electron chi connectivity index (χ4n) is 2.69. The number of aliphatic hydroxyl groups is 3. The third kappa shape index (κ3) is 11.4. The standard InChI is InChI=1S/C20H34O4.H4O7P2/c1-14-8-15(18(2,3)4)17(16(9-14)19(5,6)7)24-13-20(10-21,11-22)12-23;1-8(2,3)7-9(4,5)6/h8-9,21-23H,10-13H2,1-7H3;(H2,1,2,3)(H2,4,5,6). The Morgan fingerprint density at radius 1 is 0.758 bits per heavy atom. The first-order chi connectivity index (χ1) is 14.6. The molecule has 7 N–H and O–H groups in total. The molecule has 0 heterocycles. The number of rotatable bonds is 8. The number of aryl methyl sites for hydroxylation is 1. The van der Waals surface area contributed by atoms with Gasteiger partial charge in [0.05, 0.1) is 25.2 Å². The van der Waals surface area contributed by atoms with Crippen molar-refractivity contribution in [1.29, 1.82) is 0 Å². The number of hydrogen-bond donors (Lipinski definition) is 7. The van der Waals surface area contributed by atoms with Crippen molar-refractivity contribution in [1.82, 2.24) is 0 Å². The van der Waals surface area contributed by atoms with Crippen LogP contribution >= 0.6 is 15.6 Å². The first kappa shape index (κ1) is 32.2. The Hall–Kier alpha value is -0.840. The number of hydrogen-bond acceptors (Lipinski definition) is 7. The van der Waals surface area contributed by atoms with Crippen LogP contribution < -0.4 is 4.74 Å². The topological polar surface area (TPSA) is 194 Å². The van der Waals surface area contributed by atoms with Crippen molar-refractivity contribution in [2.75, 3.05) is 26.4 Å². The van der Waals surface area contributed by atoms with Crippen molar-refractivity contribution >= 4 is 15.6 Å². The molecule has 0 aromatic heterocycles. The summed E-state index contributed by atoms with van der Waals surface area (Å²) in [6.07, 6.45) is 0. The molecule has 13 heteroatoms. The summed E-state index contributed by atoms with van der Waals surface area (Å²) < 4.78 is 28.3. The number of ether oxygens (including phenoxy) is 1. The molecule has 0 spiro atoms. The first-order valence-corrected chi connectivity index (χ1v) is 13.1. The van der Waals surface area contributed by atoms with E-state index in [1.807, 2.05) is 0 Å². The van der Waals surface area contributed by atoms with Crippen LogP contribution in [0.4, 0.5) is 0 Å². The van der Waals surface area contributed by atoms with Crippen molar-refractivity contribution in [3.63, 3.8) is 0 Å². The maximum absolute atomic E-state index is 9.63. The maximum atomic E-state index is 9.63. The van der Waals surface area contributed by atoms with Gasteiger partial charge < -0.3 is 39.6 Å². The molecule has 0 saturated heterocycles. The summed E-state index contributed by atoms with van der Waals surface area (Å²) in [5, 5.41) is 28.7. The van der Waals surface area contributed by atoms with Gasteiger partial charge in [0.25, 0.3) is 0 Å². The summed E-state index contributed by atoms with van der Waals surface area (Å²) >= 11 is 0. The molecule has 1 aromatic carbocycles. The van der Waals surface area contributed by atoms with Crippen molar-refractivity contribution < 1.29 is 53.1 Å². The lowest BCUT2D eigenvalue weighted by Crippen LogP contribution is -2.40. The highest BCUT2D eigenvalue weighted by Crippen LogP contribution is 2.53. The molecule has 0 saturated carbocycles. The summed E-state index contributed by atoms with van der Waals surface area (Å²) in [6, 6.07) is 4.26. The summed E-state index contributed by atoms with van der Waals surface area (Å²) in [5.41, 5.74) is 2.10. The van der Waals surface area contributed by atoms with E-state index >= 15 is 0 Å². The Bertz CT molecular complexity index is 792. The predicted molar refractivity (Wildman–Crippen MR) is 123 cm³/mol. The van der Waals surface area contributed by atoms with E-state index in [1.54, 1.807) is 0 Å². The van der Waals surface area contributed by atoms with Crippen LogP contribution in [0.15, 0.2) is 12.1 Å². The van der Waals surface area contributed by atoms with Gasteiger partial charge in [-0.1, -0.05) is 59.2 Å². The normalized spacial score (nSPS) is 13.4. The minimum Gasteiger partial charge on any atom is -0.492 e. The fourth-order valence-corrected chi connectivity index (χ4v) is 3.80. The Morgan fingerprint density at radius 3 is 1.30 bits per heavy atom. The number of aliphatic hydroxyl groups excluding tert-OH is 3. The van der Waals surface area contributed by atoms with Crippen LogP contribution in [0.3, 0.4) is 0 Å². The second kappa shape index (κ2) is 11.7. The van der Waals surface area contributed by atoms with Gasteiger partial charge in [-0.25, -0.2) is 9.13 Å². The zero-order valence-electron chi connectivity index (χ0n) is 20.1. The number of phosphoric acid groups is 2. The highest BCUT2D eigenvalue weighted by molar-refractivity contribution is 7.60. The van der Waals surface area contributed by atoms with Gasteiger partial charge in [-0.05, 0) is 17.8 Å². The third-order valence-electron chi connectivity index (χ3n) is 4.59. The van der Waals surface area contributed by atoms with E-state index in [0.717, 1.165) is 16.9 Å². The smallest absolute Gasteiger partial charge is 0.478 e. The van der Waals surface area contributed by atoms with Crippen LogP contribution in [0, 0.1) is 12.3 Å². The highest BCUT2D eigenvalue weighted by Gasteiger charge is 2.33. The molecule has 0 atom stereocenters. The molecule has 0 unspecified atom stereocenters. The molecule has 0 fully saturated rings. The lowest BCUT2D eigenvalue weighted by atomic mass is 9.78. The molecular formula is C20H38O11P2. The van der Waals surface area contributed by atoms with Gasteiger partial charge in [-0.2, -0.15) is 4.31 Å². The maximum Gasteiger partial charge on any atom is 0.478 e. The molecule has 194 valence electrons. The summed E-state index contributed by atoms with van der Waals surface area (Å²) in [5.74, 6) is 0.792. The Kier molecular flexibility index (Phi) is 11.4. The van der Waals surface area contributed by atoms with Gasteiger partial charge in [-0.15, -0.1) is 0 Å². The van der Waals surface area contributed by atoms with Crippen molar-refractivity contribution in [3.05, 3.63) is 28.8 Å². The Labute approximate surface area is 194 Å². The number of benzene rings is 1. The monoisotopic (exact) mass is 516 g/mol. The summed E-state index contributed by atoms with van der Waals surface area (Å²) in [6.45, 7) is 14.0. The van der Waals surface area contributed by atoms with E-state index < -0.39 is 21.1 Å². The SMILES string of the molecule is Cc1cc(C(C)(C)C)c(OCC(CO)(CO)CO)c(C(C)(C)C)c1.O=P(O)(O)OP(=O)(O)O. The van der Waals surface area contributed by atoms with E-state index in [4.69, 9.17) is 24.3 Å². The van der Waals surface area contributed by atoms with E-state index in [0.29, 0.717) is 0 Å². The van der Waals surface area contributed by atoms with Gasteiger partial charge in [-0.3, -0.25) is 0 Å². The van der Waals surface area contributed by atoms with Crippen molar-refractivity contribution in [3.8, 4) is 5.75 Å². The van der Waals surface area contributed by atoms with Crippen LogP contribution in [-0.4, -0.2) is 61.3 Å². The highest BCUT2D eigenvalue weighted by atomic mass is 31.3. The molecule has 0 amide bonds. The second-order valence-corrected chi connectivity index (χ2v) is 12.6. The lowest BCUT2D eigenvalue weighted by molar-refractivity contribution is -0.0265. The van der Waals surface area contributed by atoms with Crippen LogP contribution in [0.25, 0.3) is 0 Å².